The first-order chi connectivity index (χ1) is 9.17. The molecule has 0 aliphatic heterocycles. The molecule has 0 bridgehead atoms. The van der Waals surface area contributed by atoms with Gasteiger partial charge in [0, 0.05) is 0 Å². The lowest BCUT2D eigenvalue weighted by Crippen LogP contribution is -2.47. The van der Waals surface area contributed by atoms with Gasteiger partial charge in [-0.15, -0.1) is 0 Å². The Labute approximate surface area is 119 Å². The zero-order valence-corrected chi connectivity index (χ0v) is 13.0. The summed E-state index contributed by atoms with van der Waals surface area (Å²) >= 11 is 0. The van der Waals surface area contributed by atoms with Gasteiger partial charge in [0.05, 0.1) is 0 Å². The number of fused-ring (bicyclic) bond motifs is 5. The fraction of sp³-hybridized carbons (Fsp3) is 1.00. The molecule has 7 unspecified atom stereocenters. The van der Waals surface area contributed by atoms with Crippen LogP contribution in [0.5, 0.6) is 0 Å². The van der Waals surface area contributed by atoms with E-state index in [-0.39, 0.29) is 0 Å². The Morgan fingerprint density at radius 1 is 0.789 bits per heavy atom. The minimum Gasteiger partial charge on any atom is -0.0625 e. The van der Waals surface area contributed by atoms with E-state index < -0.39 is 0 Å². The predicted octanol–water partition coefficient (Wildman–Crippen LogP) is 5.67. The summed E-state index contributed by atoms with van der Waals surface area (Å²) in [6.45, 7) is 5.13. The first kappa shape index (κ1) is 12.7. The lowest BCUT2D eigenvalue weighted by Gasteiger charge is -2.55. The second kappa shape index (κ2) is 4.50. The van der Waals surface area contributed by atoms with Gasteiger partial charge in [-0.3, -0.25) is 0 Å². The van der Waals surface area contributed by atoms with Crippen molar-refractivity contribution in [2.24, 2.45) is 40.9 Å². The minimum atomic E-state index is 0.760. The van der Waals surface area contributed by atoms with Gasteiger partial charge in [0.1, 0.15) is 0 Å². The van der Waals surface area contributed by atoms with Crippen LogP contribution < -0.4 is 0 Å². The second-order valence-corrected chi connectivity index (χ2v) is 8.94. The van der Waals surface area contributed by atoms with Crippen molar-refractivity contribution < 1.29 is 0 Å². The van der Waals surface area contributed by atoms with E-state index in [1.165, 1.54) is 12.8 Å². The fourth-order valence-electron chi connectivity index (χ4n) is 7.08. The van der Waals surface area contributed by atoms with E-state index >= 15 is 0 Å². The molecule has 0 heteroatoms. The molecule has 4 rings (SSSR count). The Bertz CT molecular complexity index is 346. The van der Waals surface area contributed by atoms with Gasteiger partial charge in [0.15, 0.2) is 0 Å². The lowest BCUT2D eigenvalue weighted by atomic mass is 9.50. The molecule has 4 saturated carbocycles. The number of hydrogen-bond acceptors (Lipinski definition) is 0. The monoisotopic (exact) mass is 260 g/mol. The molecular weight excluding hydrogens is 228 g/mol. The van der Waals surface area contributed by atoms with Crippen molar-refractivity contribution in [2.45, 2.75) is 78.1 Å². The lowest BCUT2D eigenvalue weighted by molar-refractivity contribution is -0.0552. The van der Waals surface area contributed by atoms with Crippen molar-refractivity contribution in [2.75, 3.05) is 0 Å². The van der Waals surface area contributed by atoms with Crippen LogP contribution in [-0.4, -0.2) is 0 Å². The van der Waals surface area contributed by atoms with Crippen LogP contribution in [0, 0.1) is 40.9 Å². The molecule has 0 aromatic rings. The van der Waals surface area contributed by atoms with Crippen molar-refractivity contribution in [3.63, 3.8) is 0 Å². The standard InChI is InChI=1S/C19H32/c1-13-5-7-15-14(12-13)6-8-17-16(15)9-11-19(2)10-3-4-18(17)19/h13-18H,3-12H2,1-2H3. The van der Waals surface area contributed by atoms with Crippen LogP contribution in [-0.2, 0) is 0 Å². The Kier molecular flexibility index (Phi) is 3.01. The zero-order valence-electron chi connectivity index (χ0n) is 13.0. The topological polar surface area (TPSA) is 0 Å². The molecular formula is C19H32. The molecule has 0 heterocycles. The van der Waals surface area contributed by atoms with Crippen LogP contribution in [0.25, 0.3) is 0 Å². The van der Waals surface area contributed by atoms with Crippen LogP contribution in [0.3, 0.4) is 0 Å². The quantitative estimate of drug-likeness (QED) is 0.527. The zero-order chi connectivity index (χ0) is 13.0. The Morgan fingerprint density at radius 2 is 1.63 bits per heavy atom. The van der Waals surface area contributed by atoms with E-state index in [9.17, 15) is 0 Å². The molecule has 0 aromatic carbocycles. The van der Waals surface area contributed by atoms with Gasteiger partial charge in [-0.05, 0) is 92.3 Å². The van der Waals surface area contributed by atoms with Crippen molar-refractivity contribution in [1.82, 2.24) is 0 Å². The summed E-state index contributed by atoms with van der Waals surface area (Å²) in [4.78, 5) is 0. The highest BCUT2D eigenvalue weighted by atomic mass is 14.6. The van der Waals surface area contributed by atoms with Crippen molar-refractivity contribution in [3.05, 3.63) is 0 Å². The van der Waals surface area contributed by atoms with Crippen molar-refractivity contribution in [3.8, 4) is 0 Å². The predicted molar refractivity (Wildman–Crippen MR) is 80.9 cm³/mol. The summed E-state index contributed by atoms with van der Waals surface area (Å²) < 4.78 is 0. The molecule has 0 aromatic heterocycles. The third-order valence-electron chi connectivity index (χ3n) is 8.00. The van der Waals surface area contributed by atoms with Gasteiger partial charge >= 0.3 is 0 Å². The van der Waals surface area contributed by atoms with Crippen molar-refractivity contribution >= 4 is 0 Å². The van der Waals surface area contributed by atoms with E-state index in [0.717, 1.165) is 40.9 Å². The Hall–Kier alpha value is 0. The minimum absolute atomic E-state index is 0.760. The molecule has 7 atom stereocenters. The fourth-order valence-corrected chi connectivity index (χ4v) is 7.08. The van der Waals surface area contributed by atoms with Gasteiger partial charge < -0.3 is 0 Å². The molecule has 19 heavy (non-hydrogen) atoms. The highest BCUT2D eigenvalue weighted by molar-refractivity contribution is 5.03. The summed E-state index contributed by atoms with van der Waals surface area (Å²) in [7, 11) is 0. The average molecular weight is 260 g/mol. The van der Waals surface area contributed by atoms with Gasteiger partial charge in [-0.25, -0.2) is 0 Å². The summed E-state index contributed by atoms with van der Waals surface area (Å²) in [5, 5.41) is 0. The summed E-state index contributed by atoms with van der Waals surface area (Å²) in [5.74, 6) is 6.68. The Morgan fingerprint density at radius 3 is 2.53 bits per heavy atom. The van der Waals surface area contributed by atoms with Gasteiger partial charge in [0.25, 0.3) is 0 Å². The summed E-state index contributed by atoms with van der Waals surface area (Å²) in [6.07, 6.45) is 15.7. The molecule has 4 fully saturated rings. The maximum atomic E-state index is 2.63. The third kappa shape index (κ3) is 1.92. The van der Waals surface area contributed by atoms with Crippen LogP contribution in [0.15, 0.2) is 0 Å². The van der Waals surface area contributed by atoms with Gasteiger partial charge in [-0.1, -0.05) is 26.7 Å². The SMILES string of the molecule is CC1CCC2C(CCC3C2CCC2(C)CCCC32)C1. The molecule has 108 valence electrons. The number of hydrogen-bond donors (Lipinski definition) is 0. The summed E-state index contributed by atoms with van der Waals surface area (Å²) in [6, 6.07) is 0. The first-order valence-electron chi connectivity index (χ1n) is 9.17. The normalized spacial score (nSPS) is 57.2. The van der Waals surface area contributed by atoms with Crippen LogP contribution >= 0.6 is 0 Å². The molecule has 0 amide bonds. The Balaban J connectivity index is 1.56. The van der Waals surface area contributed by atoms with Gasteiger partial charge in [-0.2, -0.15) is 0 Å². The highest BCUT2D eigenvalue weighted by Crippen LogP contribution is 2.62. The van der Waals surface area contributed by atoms with E-state index in [1.807, 2.05) is 0 Å². The molecule has 0 saturated heterocycles. The average Bonchev–Trinajstić information content (AvgIpc) is 2.79. The molecule has 0 radical (unpaired) electrons. The van der Waals surface area contributed by atoms with Crippen LogP contribution in [0.2, 0.25) is 0 Å². The van der Waals surface area contributed by atoms with E-state index in [1.54, 1.807) is 51.4 Å². The maximum absolute atomic E-state index is 2.63. The van der Waals surface area contributed by atoms with E-state index in [0.29, 0.717) is 0 Å². The second-order valence-electron chi connectivity index (χ2n) is 8.94. The molecule has 4 aliphatic rings. The van der Waals surface area contributed by atoms with Crippen molar-refractivity contribution in [1.29, 1.82) is 0 Å². The molecule has 0 N–H and O–H groups in total. The molecule has 0 spiro atoms. The molecule has 0 nitrogen and oxygen atoms in total. The van der Waals surface area contributed by atoms with Crippen LogP contribution in [0.4, 0.5) is 0 Å². The van der Waals surface area contributed by atoms with E-state index in [4.69, 9.17) is 0 Å². The van der Waals surface area contributed by atoms with Gasteiger partial charge in [0.2, 0.25) is 0 Å². The van der Waals surface area contributed by atoms with E-state index in [2.05, 4.69) is 13.8 Å². The smallest absolute Gasteiger partial charge is 0.0295 e. The third-order valence-corrected chi connectivity index (χ3v) is 8.00. The highest BCUT2D eigenvalue weighted by Gasteiger charge is 2.53. The van der Waals surface area contributed by atoms with Crippen LogP contribution in [0.1, 0.15) is 78.1 Å². The molecule has 4 aliphatic carbocycles. The largest absolute Gasteiger partial charge is 0.0625 e. The summed E-state index contributed by atoms with van der Waals surface area (Å²) in [5.41, 5.74) is 0.760. The maximum Gasteiger partial charge on any atom is -0.0295 e. The number of rotatable bonds is 0. The first-order valence-corrected chi connectivity index (χ1v) is 9.17.